The highest BCUT2D eigenvalue weighted by Gasteiger charge is 2.20. The van der Waals surface area contributed by atoms with Gasteiger partial charge < -0.3 is 0 Å². The molecule has 0 aliphatic heterocycles. The lowest BCUT2D eigenvalue weighted by molar-refractivity contribution is 1.30. The summed E-state index contributed by atoms with van der Waals surface area (Å²) in [5.74, 6) is 0. The minimum Gasteiger partial charge on any atom is -0.0906 e. The fraction of sp³-hybridized carbons (Fsp3) is 0.125. The maximum absolute atomic E-state index is 4.85. The molecular formula is C8H6Br2S. The standard InChI is InChI=1S/C8H6Br2S/c9-8(10,6-11)7-4-2-1-3-5-7/h1-6H. The Morgan fingerprint density at radius 3 is 2.18 bits per heavy atom. The maximum atomic E-state index is 4.85. The van der Waals surface area contributed by atoms with Crippen LogP contribution in [0, 0.1) is 0 Å². The van der Waals surface area contributed by atoms with E-state index in [0.29, 0.717) is 0 Å². The Labute approximate surface area is 88.3 Å². The van der Waals surface area contributed by atoms with Crippen LogP contribution in [0.4, 0.5) is 0 Å². The zero-order valence-electron chi connectivity index (χ0n) is 5.63. The Morgan fingerprint density at radius 1 is 1.18 bits per heavy atom. The smallest absolute Gasteiger partial charge is 0.0906 e. The van der Waals surface area contributed by atoms with Crippen LogP contribution < -0.4 is 0 Å². The monoisotopic (exact) mass is 292 g/mol. The molecule has 0 saturated carbocycles. The molecule has 1 rings (SSSR count). The minimum absolute atomic E-state index is 0.351. The molecule has 11 heavy (non-hydrogen) atoms. The SMILES string of the molecule is S=CC(Br)(Br)c1ccccc1. The topological polar surface area (TPSA) is 0 Å². The predicted octanol–water partition coefficient (Wildman–Crippen LogP) is 3.63. The zero-order valence-corrected chi connectivity index (χ0v) is 9.62. The number of alkyl halides is 2. The molecular weight excluding hydrogens is 288 g/mol. The van der Waals surface area contributed by atoms with Crippen LogP contribution in [0.2, 0.25) is 0 Å². The Balaban J connectivity index is 3.02. The molecule has 0 spiro atoms. The largest absolute Gasteiger partial charge is 0.133 e. The first kappa shape index (κ1) is 9.36. The van der Waals surface area contributed by atoms with Gasteiger partial charge in [-0.25, -0.2) is 0 Å². The molecule has 0 aliphatic carbocycles. The van der Waals surface area contributed by atoms with Crippen molar-refractivity contribution >= 4 is 49.4 Å². The van der Waals surface area contributed by atoms with Crippen molar-refractivity contribution in [1.29, 1.82) is 0 Å². The van der Waals surface area contributed by atoms with Crippen molar-refractivity contribution in [2.75, 3.05) is 0 Å². The third-order valence-corrected chi connectivity index (χ3v) is 3.64. The van der Waals surface area contributed by atoms with Gasteiger partial charge in [-0.05, 0) is 5.56 Å². The predicted molar refractivity (Wildman–Crippen MR) is 59.6 cm³/mol. The first-order valence-electron chi connectivity index (χ1n) is 3.06. The van der Waals surface area contributed by atoms with Gasteiger partial charge in [0.1, 0.15) is 3.23 Å². The van der Waals surface area contributed by atoms with E-state index in [1.807, 2.05) is 30.3 Å². The molecule has 1 aromatic carbocycles. The molecule has 0 heterocycles. The lowest BCUT2D eigenvalue weighted by atomic mass is 10.2. The van der Waals surface area contributed by atoms with Crippen LogP contribution in [0.5, 0.6) is 0 Å². The molecule has 0 amide bonds. The van der Waals surface area contributed by atoms with Crippen LogP contribution in [0.25, 0.3) is 0 Å². The number of benzene rings is 1. The fourth-order valence-corrected chi connectivity index (χ4v) is 1.39. The van der Waals surface area contributed by atoms with E-state index in [-0.39, 0.29) is 3.23 Å². The Morgan fingerprint density at radius 2 is 1.73 bits per heavy atom. The third-order valence-electron chi connectivity index (χ3n) is 1.31. The summed E-state index contributed by atoms with van der Waals surface area (Å²) in [6.07, 6.45) is 0. The summed E-state index contributed by atoms with van der Waals surface area (Å²) in [5, 5.41) is 1.64. The molecule has 0 radical (unpaired) electrons. The average molecular weight is 294 g/mol. The second-order valence-corrected chi connectivity index (χ2v) is 5.91. The number of hydrogen-bond acceptors (Lipinski definition) is 1. The van der Waals surface area contributed by atoms with E-state index in [0.717, 1.165) is 5.56 Å². The van der Waals surface area contributed by atoms with E-state index in [2.05, 4.69) is 31.9 Å². The normalized spacial score (nSPS) is 11.1. The van der Waals surface area contributed by atoms with Crippen molar-refractivity contribution in [3.8, 4) is 0 Å². The highest BCUT2D eigenvalue weighted by atomic mass is 79.9. The molecule has 0 N–H and O–H groups in total. The van der Waals surface area contributed by atoms with Gasteiger partial charge in [-0.1, -0.05) is 74.4 Å². The highest BCUT2D eigenvalue weighted by molar-refractivity contribution is 9.25. The van der Waals surface area contributed by atoms with Crippen molar-refractivity contribution in [3.05, 3.63) is 35.9 Å². The van der Waals surface area contributed by atoms with Crippen LogP contribution in [0.15, 0.2) is 30.3 Å². The summed E-state index contributed by atoms with van der Waals surface area (Å²) in [5.41, 5.74) is 1.11. The number of thiocarbonyl (C=S) groups is 1. The molecule has 58 valence electrons. The third kappa shape index (κ3) is 2.36. The highest BCUT2D eigenvalue weighted by Crippen LogP contribution is 2.35. The average Bonchev–Trinajstić information content (AvgIpc) is 2.06. The minimum atomic E-state index is -0.351. The Kier molecular flexibility index (Phi) is 3.22. The summed E-state index contributed by atoms with van der Waals surface area (Å²) in [6.45, 7) is 0. The summed E-state index contributed by atoms with van der Waals surface area (Å²) < 4.78 is -0.351. The second-order valence-electron chi connectivity index (χ2n) is 2.11. The summed E-state index contributed by atoms with van der Waals surface area (Å²) >= 11 is 11.7. The maximum Gasteiger partial charge on any atom is 0.133 e. The van der Waals surface area contributed by atoms with E-state index in [1.165, 1.54) is 0 Å². The second kappa shape index (κ2) is 3.78. The van der Waals surface area contributed by atoms with Gasteiger partial charge in [0.05, 0.1) is 0 Å². The van der Waals surface area contributed by atoms with Crippen LogP contribution in [-0.4, -0.2) is 5.37 Å². The Hall–Kier alpha value is 0.270. The van der Waals surface area contributed by atoms with E-state index in [1.54, 1.807) is 5.37 Å². The quantitative estimate of drug-likeness (QED) is 0.593. The molecule has 3 heteroatoms. The lowest BCUT2D eigenvalue weighted by Gasteiger charge is -2.13. The number of rotatable bonds is 2. The van der Waals surface area contributed by atoms with Gasteiger partial charge in [0.2, 0.25) is 0 Å². The zero-order chi connectivity index (χ0) is 8.32. The summed E-state index contributed by atoms with van der Waals surface area (Å²) in [7, 11) is 0. The van der Waals surface area contributed by atoms with Crippen molar-refractivity contribution < 1.29 is 0 Å². The molecule has 0 nitrogen and oxygen atoms in total. The van der Waals surface area contributed by atoms with Crippen LogP contribution in [0.3, 0.4) is 0 Å². The van der Waals surface area contributed by atoms with Crippen molar-refractivity contribution in [2.24, 2.45) is 0 Å². The van der Waals surface area contributed by atoms with Gasteiger partial charge in [-0.3, -0.25) is 0 Å². The lowest BCUT2D eigenvalue weighted by Crippen LogP contribution is -2.07. The van der Waals surface area contributed by atoms with E-state index in [9.17, 15) is 0 Å². The summed E-state index contributed by atoms with van der Waals surface area (Å²) in [6, 6.07) is 9.94. The molecule has 0 unspecified atom stereocenters. The van der Waals surface area contributed by atoms with Gasteiger partial charge in [0.25, 0.3) is 0 Å². The fourth-order valence-electron chi connectivity index (χ4n) is 0.728. The summed E-state index contributed by atoms with van der Waals surface area (Å²) in [4.78, 5) is 0. The van der Waals surface area contributed by atoms with Crippen LogP contribution >= 0.6 is 44.1 Å². The van der Waals surface area contributed by atoms with Gasteiger partial charge >= 0.3 is 0 Å². The van der Waals surface area contributed by atoms with Crippen molar-refractivity contribution in [3.63, 3.8) is 0 Å². The molecule has 0 fully saturated rings. The van der Waals surface area contributed by atoms with E-state index in [4.69, 9.17) is 12.2 Å². The number of halogens is 2. The van der Waals surface area contributed by atoms with Gasteiger partial charge in [0, 0.05) is 5.37 Å². The molecule has 0 atom stereocenters. The molecule has 0 saturated heterocycles. The first-order chi connectivity index (χ1) is 5.17. The molecule has 0 bridgehead atoms. The van der Waals surface area contributed by atoms with Gasteiger partial charge in [-0.2, -0.15) is 0 Å². The first-order valence-corrected chi connectivity index (χ1v) is 5.12. The van der Waals surface area contributed by atoms with Gasteiger partial charge in [0.15, 0.2) is 0 Å². The number of hydrogen-bond donors (Lipinski definition) is 0. The van der Waals surface area contributed by atoms with Gasteiger partial charge in [-0.15, -0.1) is 0 Å². The van der Waals surface area contributed by atoms with Crippen LogP contribution in [-0.2, 0) is 3.23 Å². The molecule has 0 aromatic heterocycles. The molecule has 1 aromatic rings. The Bertz CT molecular complexity index is 244. The van der Waals surface area contributed by atoms with Crippen LogP contribution in [0.1, 0.15) is 5.56 Å². The van der Waals surface area contributed by atoms with E-state index < -0.39 is 0 Å². The van der Waals surface area contributed by atoms with Crippen molar-refractivity contribution in [2.45, 2.75) is 3.23 Å². The molecule has 0 aliphatic rings. The van der Waals surface area contributed by atoms with Crippen molar-refractivity contribution in [1.82, 2.24) is 0 Å². The van der Waals surface area contributed by atoms with E-state index >= 15 is 0 Å².